The van der Waals surface area contributed by atoms with Crippen molar-refractivity contribution in [2.24, 2.45) is 0 Å². The summed E-state index contributed by atoms with van der Waals surface area (Å²) in [4.78, 5) is 10.1. The van der Waals surface area contributed by atoms with Gasteiger partial charge in [-0.05, 0) is 12.5 Å². The average Bonchev–Trinajstić information content (AvgIpc) is 2.24. The molecular formula is C11H23N3. The normalized spacial score (nSPS) is 7.64. The van der Waals surface area contributed by atoms with E-state index in [4.69, 9.17) is 0 Å². The summed E-state index contributed by atoms with van der Waals surface area (Å²) < 4.78 is 0. The Morgan fingerprint density at radius 3 is 1.57 bits per heavy atom. The molecule has 0 aliphatic rings. The first kappa shape index (κ1) is 15.4. The third-order valence-corrected chi connectivity index (χ3v) is 1.17. The van der Waals surface area contributed by atoms with Crippen molar-refractivity contribution in [2.45, 2.75) is 34.6 Å². The third-order valence-electron chi connectivity index (χ3n) is 1.17. The van der Waals surface area contributed by atoms with Crippen molar-refractivity contribution in [1.29, 1.82) is 0 Å². The molecule has 1 aromatic rings. The van der Waals surface area contributed by atoms with Crippen LogP contribution in [0.15, 0.2) is 12.4 Å². The summed E-state index contributed by atoms with van der Waals surface area (Å²) in [6.45, 7) is 9.97. The Morgan fingerprint density at radius 2 is 1.29 bits per heavy atom. The Labute approximate surface area is 88.2 Å². The van der Waals surface area contributed by atoms with Gasteiger partial charge in [-0.25, -0.2) is 9.97 Å². The molecule has 14 heavy (non-hydrogen) atoms. The second-order valence-corrected chi connectivity index (χ2v) is 2.45. The fourth-order valence-corrected chi connectivity index (χ4v) is 0.617. The predicted octanol–water partition coefficient (Wildman–Crippen LogP) is 2.90. The van der Waals surface area contributed by atoms with Gasteiger partial charge in [-0.15, -0.1) is 0 Å². The quantitative estimate of drug-likeness (QED) is 0.693. The molecule has 0 aliphatic carbocycles. The van der Waals surface area contributed by atoms with E-state index in [9.17, 15) is 0 Å². The highest BCUT2D eigenvalue weighted by atomic mass is 15.2. The first-order chi connectivity index (χ1) is 6.70. The number of hydrogen-bond donors (Lipinski definition) is 0. The highest BCUT2D eigenvalue weighted by molar-refractivity contribution is 5.26. The topological polar surface area (TPSA) is 29.0 Å². The molecule has 1 heterocycles. The Kier molecular flexibility index (Phi) is 10.9. The minimum Gasteiger partial charge on any atom is -0.347 e. The van der Waals surface area contributed by atoms with E-state index in [0.29, 0.717) is 0 Å². The molecule has 0 saturated heterocycles. The Hall–Kier alpha value is -1.12. The zero-order chi connectivity index (χ0) is 11.6. The van der Waals surface area contributed by atoms with Gasteiger partial charge in [-0.3, -0.25) is 0 Å². The van der Waals surface area contributed by atoms with Gasteiger partial charge in [-0.1, -0.05) is 27.7 Å². The summed E-state index contributed by atoms with van der Waals surface area (Å²) in [5.41, 5.74) is 1.09. The van der Waals surface area contributed by atoms with Gasteiger partial charge in [0.1, 0.15) is 0 Å². The van der Waals surface area contributed by atoms with E-state index in [2.05, 4.69) is 9.97 Å². The van der Waals surface area contributed by atoms with E-state index in [1.165, 1.54) is 0 Å². The molecule has 0 amide bonds. The second-order valence-electron chi connectivity index (χ2n) is 2.45. The minimum absolute atomic E-state index is 0.755. The van der Waals surface area contributed by atoms with Crippen molar-refractivity contribution in [3.05, 3.63) is 18.0 Å². The molecule has 3 nitrogen and oxygen atoms in total. The average molecular weight is 197 g/mol. The lowest BCUT2D eigenvalue weighted by molar-refractivity contribution is 0.988. The molecule has 82 valence electrons. The highest BCUT2D eigenvalue weighted by Crippen LogP contribution is 2.00. The van der Waals surface area contributed by atoms with Gasteiger partial charge in [0.15, 0.2) is 0 Å². The Bertz CT molecular complexity index is 204. The fraction of sp³-hybridized carbons (Fsp3) is 0.636. The summed E-state index contributed by atoms with van der Waals surface area (Å²) >= 11 is 0. The van der Waals surface area contributed by atoms with Crippen molar-refractivity contribution < 1.29 is 0 Å². The Balaban J connectivity index is 0. The number of aromatic nitrogens is 2. The van der Waals surface area contributed by atoms with Gasteiger partial charge in [0.2, 0.25) is 5.95 Å². The van der Waals surface area contributed by atoms with Crippen LogP contribution in [0.25, 0.3) is 0 Å². The first-order valence-corrected chi connectivity index (χ1v) is 5.16. The van der Waals surface area contributed by atoms with E-state index in [-0.39, 0.29) is 0 Å². The molecule has 0 radical (unpaired) electrons. The predicted molar refractivity (Wildman–Crippen MR) is 63.8 cm³/mol. The lowest BCUT2D eigenvalue weighted by Gasteiger charge is -2.08. The molecule has 0 atom stereocenters. The van der Waals surface area contributed by atoms with E-state index in [0.717, 1.165) is 11.5 Å². The molecule has 0 spiro atoms. The molecule has 0 aromatic carbocycles. The third kappa shape index (κ3) is 6.40. The first-order valence-electron chi connectivity index (χ1n) is 5.16. The monoisotopic (exact) mass is 197 g/mol. The molecule has 1 aromatic heterocycles. The van der Waals surface area contributed by atoms with Crippen molar-refractivity contribution in [2.75, 3.05) is 19.0 Å². The molecule has 0 aliphatic heterocycles. The van der Waals surface area contributed by atoms with E-state index in [1.807, 2.05) is 66.0 Å². The summed E-state index contributed by atoms with van der Waals surface area (Å²) in [5.74, 6) is 0.755. The summed E-state index contributed by atoms with van der Waals surface area (Å²) in [6.07, 6.45) is 3.62. The molecular weight excluding hydrogens is 174 g/mol. The van der Waals surface area contributed by atoms with Crippen molar-refractivity contribution in [3.8, 4) is 0 Å². The van der Waals surface area contributed by atoms with Crippen LogP contribution in [0.1, 0.15) is 33.3 Å². The van der Waals surface area contributed by atoms with Crippen molar-refractivity contribution in [3.63, 3.8) is 0 Å². The van der Waals surface area contributed by atoms with E-state index in [1.54, 1.807) is 0 Å². The van der Waals surface area contributed by atoms with Crippen LogP contribution in [0.3, 0.4) is 0 Å². The van der Waals surface area contributed by atoms with Crippen molar-refractivity contribution in [1.82, 2.24) is 9.97 Å². The maximum atomic E-state index is 4.09. The number of hydrogen-bond acceptors (Lipinski definition) is 3. The molecule has 0 fully saturated rings. The van der Waals surface area contributed by atoms with E-state index >= 15 is 0 Å². The SMILES string of the molecule is CC.CC.Cc1cnc(N(C)C)nc1. The van der Waals surface area contributed by atoms with Crippen LogP contribution in [-0.2, 0) is 0 Å². The Morgan fingerprint density at radius 1 is 0.929 bits per heavy atom. The maximum Gasteiger partial charge on any atom is 0.224 e. The maximum absolute atomic E-state index is 4.09. The van der Waals surface area contributed by atoms with Crippen LogP contribution >= 0.6 is 0 Å². The molecule has 0 bridgehead atoms. The largest absolute Gasteiger partial charge is 0.347 e. The highest BCUT2D eigenvalue weighted by Gasteiger charge is 1.94. The number of aryl methyl sites for hydroxylation is 1. The fourth-order valence-electron chi connectivity index (χ4n) is 0.617. The summed E-state index contributed by atoms with van der Waals surface area (Å²) in [6, 6.07) is 0. The van der Waals surface area contributed by atoms with E-state index < -0.39 is 0 Å². The van der Waals surface area contributed by atoms with Crippen LogP contribution in [0, 0.1) is 6.92 Å². The van der Waals surface area contributed by atoms with Crippen LogP contribution < -0.4 is 4.90 Å². The standard InChI is InChI=1S/C7H11N3.2C2H6/c1-6-4-8-7(9-5-6)10(2)3;2*1-2/h4-5H,1-3H3;2*1-2H3. The van der Waals surface area contributed by atoms with Gasteiger partial charge in [0.25, 0.3) is 0 Å². The molecule has 1 rings (SSSR count). The number of nitrogens with zero attached hydrogens (tertiary/aromatic N) is 3. The van der Waals surface area contributed by atoms with Crippen LogP contribution in [0.5, 0.6) is 0 Å². The second kappa shape index (κ2) is 9.96. The van der Waals surface area contributed by atoms with Crippen LogP contribution in [0.2, 0.25) is 0 Å². The lowest BCUT2D eigenvalue weighted by atomic mass is 10.4. The van der Waals surface area contributed by atoms with Gasteiger partial charge in [-0.2, -0.15) is 0 Å². The number of rotatable bonds is 1. The summed E-state index contributed by atoms with van der Waals surface area (Å²) in [7, 11) is 3.84. The van der Waals surface area contributed by atoms with Crippen LogP contribution in [-0.4, -0.2) is 24.1 Å². The van der Waals surface area contributed by atoms with Gasteiger partial charge in [0, 0.05) is 26.5 Å². The molecule has 0 unspecified atom stereocenters. The van der Waals surface area contributed by atoms with Crippen molar-refractivity contribution >= 4 is 5.95 Å². The zero-order valence-corrected chi connectivity index (χ0v) is 10.5. The minimum atomic E-state index is 0.755. The summed E-state index contributed by atoms with van der Waals surface area (Å²) in [5, 5.41) is 0. The molecule has 0 saturated carbocycles. The molecule has 3 heteroatoms. The van der Waals surface area contributed by atoms with Gasteiger partial charge >= 0.3 is 0 Å². The number of anilines is 1. The van der Waals surface area contributed by atoms with Gasteiger partial charge < -0.3 is 4.90 Å². The van der Waals surface area contributed by atoms with Crippen LogP contribution in [0.4, 0.5) is 5.95 Å². The van der Waals surface area contributed by atoms with Gasteiger partial charge in [0.05, 0.1) is 0 Å². The lowest BCUT2D eigenvalue weighted by Crippen LogP contribution is -2.12. The smallest absolute Gasteiger partial charge is 0.224 e. The zero-order valence-electron chi connectivity index (χ0n) is 10.5. The molecule has 0 N–H and O–H groups in total.